The maximum Gasteiger partial charge on any atom is 0.128 e. The number of hydrogen-bond donors (Lipinski definition) is 1. The van der Waals surface area contributed by atoms with E-state index in [1.807, 2.05) is 6.20 Å². The van der Waals surface area contributed by atoms with Crippen LogP contribution in [-0.4, -0.2) is 36.8 Å². The maximum absolute atomic E-state index is 5.77. The Balaban J connectivity index is 2.01. The number of nitrogens with zero attached hydrogens (tertiary/aromatic N) is 2. The van der Waals surface area contributed by atoms with Gasteiger partial charge in [-0.1, -0.05) is 6.92 Å². The SMILES string of the molecule is CCCNCc1ccnc(N2C[C@@H](C)O[C@@H](C)C2)c1. The summed E-state index contributed by atoms with van der Waals surface area (Å²) in [6.07, 6.45) is 3.61. The number of anilines is 1. The largest absolute Gasteiger partial charge is 0.372 e. The predicted molar refractivity (Wildman–Crippen MR) is 78.5 cm³/mol. The van der Waals surface area contributed by atoms with Crippen LogP contribution in [0.4, 0.5) is 5.82 Å². The van der Waals surface area contributed by atoms with Gasteiger partial charge in [-0.05, 0) is 44.5 Å². The minimum absolute atomic E-state index is 0.271. The highest BCUT2D eigenvalue weighted by Crippen LogP contribution is 2.19. The van der Waals surface area contributed by atoms with Gasteiger partial charge in [-0.25, -0.2) is 4.98 Å². The van der Waals surface area contributed by atoms with Crippen molar-refractivity contribution in [2.24, 2.45) is 0 Å². The van der Waals surface area contributed by atoms with E-state index in [1.54, 1.807) is 0 Å². The van der Waals surface area contributed by atoms with Gasteiger partial charge in [0.1, 0.15) is 5.82 Å². The van der Waals surface area contributed by atoms with Crippen LogP contribution in [0, 0.1) is 0 Å². The second-order valence-corrected chi connectivity index (χ2v) is 5.36. The van der Waals surface area contributed by atoms with Crippen molar-refractivity contribution in [1.82, 2.24) is 10.3 Å². The molecular formula is C15H25N3O. The molecule has 0 unspecified atom stereocenters. The van der Waals surface area contributed by atoms with Crippen molar-refractivity contribution >= 4 is 5.82 Å². The lowest BCUT2D eigenvalue weighted by Crippen LogP contribution is -2.45. The minimum atomic E-state index is 0.271. The van der Waals surface area contributed by atoms with E-state index in [0.29, 0.717) is 0 Å². The summed E-state index contributed by atoms with van der Waals surface area (Å²) in [6, 6.07) is 4.27. The molecule has 1 aromatic rings. The van der Waals surface area contributed by atoms with E-state index in [1.165, 1.54) is 5.56 Å². The van der Waals surface area contributed by atoms with Gasteiger partial charge in [0.25, 0.3) is 0 Å². The number of hydrogen-bond acceptors (Lipinski definition) is 4. The molecule has 1 N–H and O–H groups in total. The summed E-state index contributed by atoms with van der Waals surface area (Å²) in [5, 5.41) is 3.43. The molecule has 0 aromatic carbocycles. The Morgan fingerprint density at radius 2 is 2.11 bits per heavy atom. The van der Waals surface area contributed by atoms with Gasteiger partial charge in [-0.3, -0.25) is 0 Å². The highest BCUT2D eigenvalue weighted by molar-refractivity contribution is 5.41. The van der Waals surface area contributed by atoms with Gasteiger partial charge in [-0.2, -0.15) is 0 Å². The first kappa shape index (κ1) is 14.3. The van der Waals surface area contributed by atoms with Gasteiger partial charge in [0.2, 0.25) is 0 Å². The molecule has 0 radical (unpaired) electrons. The van der Waals surface area contributed by atoms with Gasteiger partial charge in [0.05, 0.1) is 12.2 Å². The molecule has 2 atom stereocenters. The highest BCUT2D eigenvalue weighted by Gasteiger charge is 2.23. The third-order valence-corrected chi connectivity index (χ3v) is 3.31. The summed E-state index contributed by atoms with van der Waals surface area (Å²) >= 11 is 0. The molecule has 0 spiro atoms. The Kier molecular flexibility index (Phi) is 5.16. The Hall–Kier alpha value is -1.13. The Bertz CT molecular complexity index is 387. The van der Waals surface area contributed by atoms with Crippen LogP contribution in [0.5, 0.6) is 0 Å². The molecule has 19 heavy (non-hydrogen) atoms. The van der Waals surface area contributed by atoms with Gasteiger partial charge in [-0.15, -0.1) is 0 Å². The lowest BCUT2D eigenvalue weighted by molar-refractivity contribution is -0.00546. The van der Waals surface area contributed by atoms with Crippen molar-refractivity contribution in [3.63, 3.8) is 0 Å². The van der Waals surface area contributed by atoms with Crippen LogP contribution >= 0.6 is 0 Å². The molecular weight excluding hydrogens is 238 g/mol. The molecule has 0 amide bonds. The zero-order valence-corrected chi connectivity index (χ0v) is 12.2. The first-order valence-electron chi connectivity index (χ1n) is 7.25. The Labute approximate surface area is 116 Å². The second kappa shape index (κ2) is 6.87. The van der Waals surface area contributed by atoms with E-state index in [2.05, 4.69) is 48.1 Å². The van der Waals surface area contributed by atoms with E-state index in [9.17, 15) is 0 Å². The third-order valence-electron chi connectivity index (χ3n) is 3.31. The molecule has 4 heteroatoms. The molecule has 0 bridgehead atoms. The lowest BCUT2D eigenvalue weighted by atomic mass is 10.2. The van der Waals surface area contributed by atoms with Crippen molar-refractivity contribution in [2.75, 3.05) is 24.5 Å². The summed E-state index contributed by atoms with van der Waals surface area (Å²) in [5.41, 5.74) is 1.30. The minimum Gasteiger partial charge on any atom is -0.372 e. The first-order valence-corrected chi connectivity index (χ1v) is 7.25. The smallest absolute Gasteiger partial charge is 0.128 e. The summed E-state index contributed by atoms with van der Waals surface area (Å²) < 4.78 is 5.77. The molecule has 1 fully saturated rings. The van der Waals surface area contributed by atoms with E-state index >= 15 is 0 Å². The summed E-state index contributed by atoms with van der Waals surface area (Å²) in [5.74, 6) is 1.07. The van der Waals surface area contributed by atoms with Crippen LogP contribution in [-0.2, 0) is 11.3 Å². The van der Waals surface area contributed by atoms with Crippen molar-refractivity contribution in [2.45, 2.75) is 45.9 Å². The zero-order valence-electron chi connectivity index (χ0n) is 12.2. The average Bonchev–Trinajstić information content (AvgIpc) is 2.38. The molecule has 1 aliphatic rings. The summed E-state index contributed by atoms with van der Waals surface area (Å²) in [6.45, 7) is 10.2. The predicted octanol–water partition coefficient (Wildman–Crippen LogP) is 2.19. The quantitative estimate of drug-likeness (QED) is 0.826. The fraction of sp³-hybridized carbons (Fsp3) is 0.667. The maximum atomic E-state index is 5.77. The van der Waals surface area contributed by atoms with Crippen molar-refractivity contribution < 1.29 is 4.74 Å². The van der Waals surface area contributed by atoms with Crippen LogP contribution in [0.25, 0.3) is 0 Å². The third kappa shape index (κ3) is 4.18. The van der Waals surface area contributed by atoms with E-state index < -0.39 is 0 Å². The fourth-order valence-electron chi connectivity index (χ4n) is 2.52. The average molecular weight is 263 g/mol. The van der Waals surface area contributed by atoms with E-state index in [0.717, 1.165) is 38.4 Å². The van der Waals surface area contributed by atoms with E-state index in [4.69, 9.17) is 4.74 Å². The van der Waals surface area contributed by atoms with E-state index in [-0.39, 0.29) is 12.2 Å². The molecule has 1 aromatic heterocycles. The molecule has 106 valence electrons. The Morgan fingerprint density at radius 3 is 2.79 bits per heavy atom. The first-order chi connectivity index (χ1) is 9.19. The van der Waals surface area contributed by atoms with Crippen LogP contribution in [0.2, 0.25) is 0 Å². The molecule has 2 heterocycles. The molecule has 4 nitrogen and oxygen atoms in total. The molecule has 1 aliphatic heterocycles. The standard InChI is InChI=1S/C15H25N3O/c1-4-6-16-9-14-5-7-17-15(8-14)18-10-12(2)19-13(3)11-18/h5,7-8,12-13,16H,4,6,9-11H2,1-3H3/t12-,13+. The summed E-state index contributed by atoms with van der Waals surface area (Å²) in [4.78, 5) is 6.82. The molecule has 1 saturated heterocycles. The number of rotatable bonds is 5. The zero-order chi connectivity index (χ0) is 13.7. The van der Waals surface area contributed by atoms with Gasteiger partial charge in [0.15, 0.2) is 0 Å². The van der Waals surface area contributed by atoms with Gasteiger partial charge < -0.3 is 15.0 Å². The van der Waals surface area contributed by atoms with Crippen molar-refractivity contribution in [3.8, 4) is 0 Å². The molecule has 0 saturated carbocycles. The number of ether oxygens (including phenoxy) is 1. The highest BCUT2D eigenvalue weighted by atomic mass is 16.5. The number of aromatic nitrogens is 1. The van der Waals surface area contributed by atoms with Crippen LogP contribution in [0.15, 0.2) is 18.3 Å². The van der Waals surface area contributed by atoms with Crippen LogP contribution in [0.3, 0.4) is 0 Å². The number of morpholine rings is 1. The van der Waals surface area contributed by atoms with Gasteiger partial charge in [0, 0.05) is 25.8 Å². The van der Waals surface area contributed by atoms with Crippen LogP contribution in [0.1, 0.15) is 32.8 Å². The van der Waals surface area contributed by atoms with Crippen molar-refractivity contribution in [3.05, 3.63) is 23.9 Å². The molecule has 0 aliphatic carbocycles. The lowest BCUT2D eigenvalue weighted by Gasteiger charge is -2.36. The Morgan fingerprint density at radius 1 is 1.37 bits per heavy atom. The van der Waals surface area contributed by atoms with Gasteiger partial charge >= 0.3 is 0 Å². The van der Waals surface area contributed by atoms with Crippen molar-refractivity contribution in [1.29, 1.82) is 0 Å². The topological polar surface area (TPSA) is 37.4 Å². The number of nitrogens with one attached hydrogen (secondary N) is 1. The fourth-order valence-corrected chi connectivity index (χ4v) is 2.52. The normalized spacial score (nSPS) is 23.6. The molecule has 2 rings (SSSR count). The second-order valence-electron chi connectivity index (χ2n) is 5.36. The van der Waals surface area contributed by atoms with Crippen LogP contribution < -0.4 is 10.2 Å². The number of pyridine rings is 1. The summed E-state index contributed by atoms with van der Waals surface area (Å²) in [7, 11) is 0. The monoisotopic (exact) mass is 263 g/mol.